The van der Waals surface area contributed by atoms with E-state index in [0.717, 1.165) is 24.3 Å². The summed E-state index contributed by atoms with van der Waals surface area (Å²) in [6, 6.07) is 5.70. The molecule has 1 aliphatic heterocycles. The van der Waals surface area contributed by atoms with Gasteiger partial charge in [0.05, 0.1) is 4.90 Å². The smallest absolute Gasteiger partial charge is 0.341 e. The van der Waals surface area contributed by atoms with Crippen LogP contribution in [0.2, 0.25) is 0 Å². The van der Waals surface area contributed by atoms with E-state index in [9.17, 15) is 13.2 Å². The Morgan fingerprint density at radius 3 is 2.67 bits per heavy atom. The second kappa shape index (κ2) is 7.15. The van der Waals surface area contributed by atoms with Crippen molar-refractivity contribution in [3.63, 3.8) is 0 Å². The number of carbonyl (C=O) groups is 1. The van der Waals surface area contributed by atoms with Gasteiger partial charge in [0.2, 0.25) is 10.0 Å². The fourth-order valence-electron chi connectivity index (χ4n) is 1.98. The molecule has 1 atom stereocenters. The van der Waals surface area contributed by atoms with Crippen molar-refractivity contribution in [1.29, 1.82) is 0 Å². The van der Waals surface area contributed by atoms with E-state index >= 15 is 0 Å². The van der Waals surface area contributed by atoms with Crippen LogP contribution in [0, 0.1) is 0 Å². The summed E-state index contributed by atoms with van der Waals surface area (Å²) >= 11 is 1.75. The van der Waals surface area contributed by atoms with E-state index in [4.69, 9.17) is 9.84 Å². The Kier molecular flexibility index (Phi) is 5.49. The molecule has 6 nitrogen and oxygen atoms in total. The van der Waals surface area contributed by atoms with Crippen LogP contribution < -0.4 is 9.46 Å². The number of nitrogens with one attached hydrogen (secondary N) is 1. The molecule has 8 heteroatoms. The summed E-state index contributed by atoms with van der Waals surface area (Å²) in [7, 11) is -3.54. The molecule has 0 amide bonds. The number of carboxylic acids is 1. The van der Waals surface area contributed by atoms with Gasteiger partial charge < -0.3 is 9.84 Å². The van der Waals surface area contributed by atoms with Crippen LogP contribution in [0.5, 0.6) is 5.75 Å². The summed E-state index contributed by atoms with van der Waals surface area (Å²) in [6.07, 6.45) is 1.87. The van der Waals surface area contributed by atoms with Gasteiger partial charge >= 0.3 is 5.97 Å². The maximum atomic E-state index is 12.2. The summed E-state index contributed by atoms with van der Waals surface area (Å²) in [5.41, 5.74) is 0. The Bertz CT molecular complexity index is 579. The summed E-state index contributed by atoms with van der Waals surface area (Å²) in [6.45, 7) is -0.455. The molecule has 116 valence electrons. The Labute approximate surface area is 127 Å². The zero-order valence-electron chi connectivity index (χ0n) is 11.3. The number of rotatable bonds is 6. The lowest BCUT2D eigenvalue weighted by atomic mass is 10.2. The van der Waals surface area contributed by atoms with E-state index < -0.39 is 22.6 Å². The Morgan fingerprint density at radius 2 is 2.10 bits per heavy atom. The van der Waals surface area contributed by atoms with E-state index in [-0.39, 0.29) is 10.9 Å². The van der Waals surface area contributed by atoms with E-state index in [1.165, 1.54) is 24.3 Å². The van der Waals surface area contributed by atoms with Crippen molar-refractivity contribution in [3.05, 3.63) is 24.3 Å². The highest BCUT2D eigenvalue weighted by molar-refractivity contribution is 7.99. The van der Waals surface area contributed by atoms with E-state index in [1.807, 2.05) is 0 Å². The molecule has 21 heavy (non-hydrogen) atoms. The number of ether oxygens (including phenoxy) is 1. The van der Waals surface area contributed by atoms with Crippen molar-refractivity contribution in [2.75, 3.05) is 18.1 Å². The average molecular weight is 331 g/mol. The van der Waals surface area contributed by atoms with Crippen LogP contribution in [0.4, 0.5) is 0 Å². The van der Waals surface area contributed by atoms with E-state index in [1.54, 1.807) is 11.8 Å². The van der Waals surface area contributed by atoms with Crippen LogP contribution in [0.1, 0.15) is 12.8 Å². The van der Waals surface area contributed by atoms with Gasteiger partial charge in [-0.05, 0) is 42.9 Å². The molecule has 0 saturated carbocycles. The number of hydrogen-bond donors (Lipinski definition) is 2. The van der Waals surface area contributed by atoms with Crippen LogP contribution in [0.15, 0.2) is 29.2 Å². The first kappa shape index (κ1) is 16.1. The molecule has 0 spiro atoms. The molecule has 0 radical (unpaired) electrons. The molecular formula is C13H17NO5S2. The molecule has 1 saturated heterocycles. The molecule has 1 aromatic rings. The van der Waals surface area contributed by atoms with Gasteiger partial charge in [-0.1, -0.05) is 0 Å². The molecule has 1 heterocycles. The van der Waals surface area contributed by atoms with Gasteiger partial charge in [-0.25, -0.2) is 17.9 Å². The second-order valence-electron chi connectivity index (χ2n) is 4.69. The predicted molar refractivity (Wildman–Crippen MR) is 80.2 cm³/mol. The van der Waals surface area contributed by atoms with Gasteiger partial charge in [-0.2, -0.15) is 11.8 Å². The van der Waals surface area contributed by atoms with Gasteiger partial charge in [0.1, 0.15) is 5.75 Å². The highest BCUT2D eigenvalue weighted by atomic mass is 32.2. The molecule has 1 unspecified atom stereocenters. The van der Waals surface area contributed by atoms with Gasteiger partial charge in [-0.15, -0.1) is 0 Å². The predicted octanol–water partition coefficient (Wildman–Crippen LogP) is 1.32. The summed E-state index contributed by atoms with van der Waals surface area (Å²) in [5.74, 6) is 1.11. The molecule has 1 fully saturated rings. The topological polar surface area (TPSA) is 92.7 Å². The Hall–Kier alpha value is -1.25. The fourth-order valence-corrected chi connectivity index (χ4v) is 4.43. The van der Waals surface area contributed by atoms with Crippen molar-refractivity contribution in [3.8, 4) is 5.75 Å². The van der Waals surface area contributed by atoms with Crippen LogP contribution >= 0.6 is 11.8 Å². The Balaban J connectivity index is 2.00. The lowest BCUT2D eigenvalue weighted by molar-refractivity contribution is -0.139. The van der Waals surface area contributed by atoms with Crippen molar-refractivity contribution < 1.29 is 23.1 Å². The quantitative estimate of drug-likeness (QED) is 0.817. The Morgan fingerprint density at radius 1 is 1.38 bits per heavy atom. The SMILES string of the molecule is O=C(O)COc1ccc(S(=O)(=O)NC2CCCSC2)cc1. The molecule has 0 aliphatic carbocycles. The lowest BCUT2D eigenvalue weighted by Crippen LogP contribution is -2.38. The third-order valence-electron chi connectivity index (χ3n) is 2.98. The number of benzene rings is 1. The normalized spacial score (nSPS) is 19.1. The lowest BCUT2D eigenvalue weighted by Gasteiger charge is -2.22. The summed E-state index contributed by atoms with van der Waals surface area (Å²) < 4.78 is 32.1. The van der Waals surface area contributed by atoms with Gasteiger partial charge in [-0.3, -0.25) is 0 Å². The zero-order valence-corrected chi connectivity index (χ0v) is 13.0. The molecule has 0 aromatic heterocycles. The molecule has 2 rings (SSSR count). The third-order valence-corrected chi connectivity index (χ3v) is 5.73. The van der Waals surface area contributed by atoms with Crippen LogP contribution in [-0.4, -0.2) is 43.6 Å². The maximum Gasteiger partial charge on any atom is 0.341 e. The van der Waals surface area contributed by atoms with Gasteiger partial charge in [0.15, 0.2) is 6.61 Å². The number of sulfonamides is 1. The number of carboxylic acid groups (broad SMARTS) is 1. The van der Waals surface area contributed by atoms with Gasteiger partial charge in [0, 0.05) is 11.8 Å². The zero-order chi connectivity index (χ0) is 15.3. The van der Waals surface area contributed by atoms with Crippen LogP contribution in [0.3, 0.4) is 0 Å². The molecule has 1 aliphatic rings. The van der Waals surface area contributed by atoms with Crippen molar-refractivity contribution in [2.24, 2.45) is 0 Å². The highest BCUT2D eigenvalue weighted by Crippen LogP contribution is 2.20. The number of hydrogen-bond acceptors (Lipinski definition) is 5. The van der Waals surface area contributed by atoms with Crippen molar-refractivity contribution >= 4 is 27.8 Å². The average Bonchev–Trinajstić information content (AvgIpc) is 2.46. The first-order valence-electron chi connectivity index (χ1n) is 6.52. The van der Waals surface area contributed by atoms with Crippen molar-refractivity contribution in [1.82, 2.24) is 4.72 Å². The first-order chi connectivity index (χ1) is 9.97. The molecule has 0 bridgehead atoms. The first-order valence-corrected chi connectivity index (χ1v) is 9.16. The molecular weight excluding hydrogens is 314 g/mol. The highest BCUT2D eigenvalue weighted by Gasteiger charge is 2.22. The third kappa shape index (κ3) is 4.90. The van der Waals surface area contributed by atoms with Gasteiger partial charge in [0.25, 0.3) is 0 Å². The van der Waals surface area contributed by atoms with Crippen LogP contribution in [-0.2, 0) is 14.8 Å². The fraction of sp³-hybridized carbons (Fsp3) is 0.462. The van der Waals surface area contributed by atoms with E-state index in [2.05, 4.69) is 4.72 Å². The minimum Gasteiger partial charge on any atom is -0.482 e. The van der Waals surface area contributed by atoms with E-state index in [0.29, 0.717) is 5.75 Å². The minimum atomic E-state index is -3.54. The number of thioether (sulfide) groups is 1. The number of aliphatic carboxylic acids is 1. The molecule has 1 aromatic carbocycles. The minimum absolute atomic E-state index is 0.0308. The summed E-state index contributed by atoms with van der Waals surface area (Å²) in [5, 5.41) is 8.51. The second-order valence-corrected chi connectivity index (χ2v) is 7.55. The molecule has 2 N–H and O–H groups in total. The summed E-state index contributed by atoms with van der Waals surface area (Å²) in [4.78, 5) is 10.5. The van der Waals surface area contributed by atoms with Crippen LogP contribution in [0.25, 0.3) is 0 Å². The maximum absolute atomic E-state index is 12.2. The largest absolute Gasteiger partial charge is 0.482 e. The standard InChI is InChI=1S/C13H17NO5S2/c15-13(16)8-19-11-3-5-12(6-4-11)21(17,18)14-10-2-1-7-20-9-10/h3-6,10,14H,1-2,7-9H2,(H,15,16). The van der Waals surface area contributed by atoms with Crippen molar-refractivity contribution in [2.45, 2.75) is 23.8 Å². The monoisotopic (exact) mass is 331 g/mol.